The average Bonchev–Trinajstić information content (AvgIpc) is 3.10. The predicted molar refractivity (Wildman–Crippen MR) is 100 cm³/mol. The molecular weight excluding hydrogens is 310 g/mol. The first-order valence-electron chi connectivity index (χ1n) is 8.95. The van der Waals surface area contributed by atoms with Crippen molar-refractivity contribution in [1.82, 2.24) is 0 Å². The number of hydrogen-bond donors (Lipinski definition) is 2. The maximum absolute atomic E-state index is 11.1. The Hall–Kier alpha value is -2.55. The molecule has 0 fully saturated rings. The standard InChI is InChI=1S/C22H23NO2/c1-13(2)16-10-11-20-19(12-16)17-4-3-5-18(17)21(23-20)14-6-8-15(9-7-14)22(24)25/h3-4,6-13,17-18,21,23H,5H2,1-2H3,(H,24,25)/t17-,18-,21-/m1/s1. The van der Waals surface area contributed by atoms with E-state index >= 15 is 0 Å². The summed E-state index contributed by atoms with van der Waals surface area (Å²) in [5.74, 6) is 0.551. The second-order valence-corrected chi connectivity index (χ2v) is 7.40. The van der Waals surface area contributed by atoms with Gasteiger partial charge in [-0.2, -0.15) is 0 Å². The highest BCUT2D eigenvalue weighted by atomic mass is 16.4. The van der Waals surface area contributed by atoms with Crippen LogP contribution in [0.4, 0.5) is 5.69 Å². The summed E-state index contributed by atoms with van der Waals surface area (Å²) < 4.78 is 0. The summed E-state index contributed by atoms with van der Waals surface area (Å²) in [6.45, 7) is 4.46. The van der Waals surface area contributed by atoms with Crippen LogP contribution in [-0.2, 0) is 0 Å². The van der Waals surface area contributed by atoms with E-state index in [2.05, 4.69) is 49.5 Å². The van der Waals surface area contributed by atoms with Crippen molar-refractivity contribution < 1.29 is 9.90 Å². The van der Waals surface area contributed by atoms with Gasteiger partial charge in [0.25, 0.3) is 0 Å². The smallest absolute Gasteiger partial charge is 0.335 e. The van der Waals surface area contributed by atoms with E-state index in [4.69, 9.17) is 5.11 Å². The van der Waals surface area contributed by atoms with Crippen molar-refractivity contribution in [3.63, 3.8) is 0 Å². The molecule has 0 aromatic heterocycles. The summed E-state index contributed by atoms with van der Waals surface area (Å²) in [5.41, 5.74) is 5.46. The minimum Gasteiger partial charge on any atom is -0.478 e. The van der Waals surface area contributed by atoms with Gasteiger partial charge in [0.2, 0.25) is 0 Å². The number of anilines is 1. The molecule has 2 aromatic carbocycles. The lowest BCUT2D eigenvalue weighted by atomic mass is 9.76. The molecular formula is C22H23NO2. The fourth-order valence-corrected chi connectivity index (χ4v) is 4.14. The Labute approximate surface area is 148 Å². The summed E-state index contributed by atoms with van der Waals surface area (Å²) in [6.07, 6.45) is 5.67. The van der Waals surface area contributed by atoms with Crippen LogP contribution >= 0.6 is 0 Å². The van der Waals surface area contributed by atoms with Crippen molar-refractivity contribution in [3.05, 3.63) is 76.9 Å². The van der Waals surface area contributed by atoms with Crippen molar-refractivity contribution in [3.8, 4) is 0 Å². The number of fused-ring (bicyclic) bond motifs is 3. The molecule has 1 aliphatic carbocycles. The molecule has 0 radical (unpaired) electrons. The third-order valence-electron chi connectivity index (χ3n) is 5.57. The Morgan fingerprint density at radius 2 is 1.92 bits per heavy atom. The second kappa shape index (κ2) is 6.07. The fraction of sp³-hybridized carbons (Fsp3) is 0.318. The Morgan fingerprint density at radius 1 is 1.16 bits per heavy atom. The van der Waals surface area contributed by atoms with Crippen molar-refractivity contribution in [2.75, 3.05) is 5.32 Å². The molecule has 2 N–H and O–H groups in total. The van der Waals surface area contributed by atoms with E-state index < -0.39 is 5.97 Å². The SMILES string of the molecule is CC(C)c1ccc2c(c1)[C@@H]1C=CC[C@H]1[C@@H](c1ccc(C(=O)O)cc1)N2. The molecule has 0 saturated heterocycles. The lowest BCUT2D eigenvalue weighted by Crippen LogP contribution is -2.29. The highest BCUT2D eigenvalue weighted by Crippen LogP contribution is 2.50. The van der Waals surface area contributed by atoms with Crippen LogP contribution in [0.15, 0.2) is 54.6 Å². The van der Waals surface area contributed by atoms with Crippen LogP contribution in [0, 0.1) is 5.92 Å². The van der Waals surface area contributed by atoms with Gasteiger partial charge in [-0.05, 0) is 53.1 Å². The van der Waals surface area contributed by atoms with E-state index in [0.717, 1.165) is 12.0 Å². The molecule has 3 atom stereocenters. The number of nitrogens with one attached hydrogen (secondary N) is 1. The number of carboxylic acids is 1. The van der Waals surface area contributed by atoms with Crippen LogP contribution in [-0.4, -0.2) is 11.1 Å². The Balaban J connectivity index is 1.71. The molecule has 2 aromatic rings. The van der Waals surface area contributed by atoms with Gasteiger partial charge in [0.05, 0.1) is 11.6 Å². The fourth-order valence-electron chi connectivity index (χ4n) is 4.14. The Bertz CT molecular complexity index is 836. The number of carbonyl (C=O) groups is 1. The molecule has 0 spiro atoms. The van der Waals surface area contributed by atoms with Crippen LogP contribution < -0.4 is 5.32 Å². The first kappa shape index (κ1) is 15.9. The molecule has 4 rings (SSSR count). The number of allylic oxidation sites excluding steroid dienone is 2. The highest BCUT2D eigenvalue weighted by Gasteiger charge is 2.37. The monoisotopic (exact) mass is 333 g/mol. The van der Waals surface area contributed by atoms with E-state index in [1.165, 1.54) is 16.8 Å². The van der Waals surface area contributed by atoms with Crippen LogP contribution in [0.3, 0.4) is 0 Å². The first-order valence-corrected chi connectivity index (χ1v) is 8.95. The van der Waals surface area contributed by atoms with Gasteiger partial charge in [0.1, 0.15) is 0 Å². The molecule has 0 saturated carbocycles. The Morgan fingerprint density at radius 3 is 2.60 bits per heavy atom. The molecule has 1 heterocycles. The topological polar surface area (TPSA) is 49.3 Å². The van der Waals surface area contributed by atoms with E-state index in [9.17, 15) is 4.79 Å². The minimum absolute atomic E-state index is 0.209. The number of rotatable bonds is 3. The third kappa shape index (κ3) is 2.74. The Kier molecular flexibility index (Phi) is 3.87. The van der Waals surface area contributed by atoms with Gasteiger partial charge in [0.15, 0.2) is 0 Å². The van der Waals surface area contributed by atoms with Gasteiger partial charge in [-0.25, -0.2) is 4.79 Å². The maximum atomic E-state index is 11.1. The third-order valence-corrected chi connectivity index (χ3v) is 5.57. The van der Waals surface area contributed by atoms with Gasteiger partial charge in [-0.15, -0.1) is 0 Å². The van der Waals surface area contributed by atoms with E-state index in [1.54, 1.807) is 12.1 Å². The molecule has 3 nitrogen and oxygen atoms in total. The van der Waals surface area contributed by atoms with Crippen LogP contribution in [0.1, 0.15) is 65.2 Å². The van der Waals surface area contributed by atoms with E-state index in [1.807, 2.05) is 12.1 Å². The van der Waals surface area contributed by atoms with Crippen molar-refractivity contribution in [1.29, 1.82) is 0 Å². The first-order chi connectivity index (χ1) is 12.0. The summed E-state index contributed by atoms with van der Waals surface area (Å²) in [7, 11) is 0. The molecule has 0 bridgehead atoms. The van der Waals surface area contributed by atoms with Crippen molar-refractivity contribution in [2.45, 2.75) is 38.1 Å². The quantitative estimate of drug-likeness (QED) is 0.746. The normalized spacial score (nSPS) is 23.9. The zero-order valence-electron chi connectivity index (χ0n) is 14.6. The van der Waals surface area contributed by atoms with Gasteiger partial charge >= 0.3 is 5.97 Å². The van der Waals surface area contributed by atoms with Gasteiger partial charge in [-0.3, -0.25) is 0 Å². The van der Waals surface area contributed by atoms with E-state index in [0.29, 0.717) is 23.3 Å². The summed E-state index contributed by atoms with van der Waals surface area (Å²) in [5, 5.41) is 12.8. The summed E-state index contributed by atoms with van der Waals surface area (Å²) in [4.78, 5) is 11.1. The molecule has 128 valence electrons. The van der Waals surface area contributed by atoms with Crippen LogP contribution in [0.2, 0.25) is 0 Å². The minimum atomic E-state index is -0.880. The number of carboxylic acid groups (broad SMARTS) is 1. The second-order valence-electron chi connectivity index (χ2n) is 7.40. The predicted octanol–water partition coefficient (Wildman–Crippen LogP) is 5.33. The van der Waals surface area contributed by atoms with E-state index in [-0.39, 0.29) is 6.04 Å². The zero-order chi connectivity index (χ0) is 17.6. The molecule has 0 unspecified atom stereocenters. The number of benzene rings is 2. The van der Waals surface area contributed by atoms with Crippen LogP contribution in [0.5, 0.6) is 0 Å². The lowest BCUT2D eigenvalue weighted by Gasteiger charge is -2.38. The number of aromatic carboxylic acids is 1. The average molecular weight is 333 g/mol. The van der Waals surface area contributed by atoms with Crippen molar-refractivity contribution >= 4 is 11.7 Å². The van der Waals surface area contributed by atoms with Gasteiger partial charge in [-0.1, -0.05) is 50.3 Å². The maximum Gasteiger partial charge on any atom is 0.335 e. The van der Waals surface area contributed by atoms with Gasteiger partial charge in [0, 0.05) is 11.6 Å². The summed E-state index contributed by atoms with van der Waals surface area (Å²) in [6, 6.07) is 14.3. The highest BCUT2D eigenvalue weighted by molar-refractivity contribution is 5.87. The van der Waals surface area contributed by atoms with Crippen LogP contribution in [0.25, 0.3) is 0 Å². The number of hydrogen-bond acceptors (Lipinski definition) is 2. The summed E-state index contributed by atoms with van der Waals surface area (Å²) >= 11 is 0. The molecule has 3 heteroatoms. The zero-order valence-corrected chi connectivity index (χ0v) is 14.6. The molecule has 0 amide bonds. The lowest BCUT2D eigenvalue weighted by molar-refractivity contribution is 0.0697. The molecule has 1 aliphatic heterocycles. The molecule has 25 heavy (non-hydrogen) atoms. The largest absolute Gasteiger partial charge is 0.478 e. The molecule has 2 aliphatic rings. The van der Waals surface area contributed by atoms with Gasteiger partial charge < -0.3 is 10.4 Å². The van der Waals surface area contributed by atoms with Crippen molar-refractivity contribution in [2.24, 2.45) is 5.92 Å².